The molecule has 29 heavy (non-hydrogen) atoms. The van der Waals surface area contributed by atoms with Gasteiger partial charge < -0.3 is 9.32 Å². The molecule has 9 heteroatoms. The van der Waals surface area contributed by atoms with Gasteiger partial charge in [-0.1, -0.05) is 30.3 Å². The summed E-state index contributed by atoms with van der Waals surface area (Å²) in [5, 5.41) is 0. The molecular weight excluding hydrogens is 390 g/mol. The maximum absolute atomic E-state index is 12.1. The van der Waals surface area contributed by atoms with Crippen molar-refractivity contribution in [1.29, 1.82) is 0 Å². The summed E-state index contributed by atoms with van der Waals surface area (Å²) in [6.07, 6.45) is 3.40. The minimum absolute atomic E-state index is 0. The number of oxazole rings is 1. The van der Waals surface area contributed by atoms with Crippen molar-refractivity contribution in [3.05, 3.63) is 48.4 Å². The Balaban J connectivity index is 0.00000256. The van der Waals surface area contributed by atoms with Gasteiger partial charge in [0.1, 0.15) is 11.5 Å². The number of aryl methyl sites for hydroxylation is 1. The number of hydrogen-bond donors (Lipinski definition) is 0. The molecule has 1 aliphatic heterocycles. The van der Waals surface area contributed by atoms with Crippen LogP contribution >= 0.6 is 0 Å². The second-order valence-electron chi connectivity index (χ2n) is 6.84. The summed E-state index contributed by atoms with van der Waals surface area (Å²) in [6.45, 7) is 5.55. The number of rotatable bonds is 5. The minimum Gasteiger partial charge on any atom is -0.435 e. The second kappa shape index (κ2) is 7.92. The van der Waals surface area contributed by atoms with E-state index in [0.29, 0.717) is 49.3 Å². The Morgan fingerprint density at radius 1 is 1.07 bits per heavy atom. The molecule has 8 nitrogen and oxygen atoms in total. The smallest absolute Gasteiger partial charge is 0.247 e. The van der Waals surface area contributed by atoms with Gasteiger partial charge in [0.25, 0.3) is 0 Å². The van der Waals surface area contributed by atoms with E-state index in [-0.39, 0.29) is 7.18 Å². The topological polar surface area (TPSA) is 92.4 Å². The molecule has 0 saturated carbocycles. The summed E-state index contributed by atoms with van der Waals surface area (Å²) in [5.41, 5.74) is 2.26. The fourth-order valence-corrected chi connectivity index (χ4v) is 4.38. The third-order valence-corrected chi connectivity index (χ3v) is 6.91. The highest BCUT2D eigenvalue weighted by Crippen LogP contribution is 2.27. The average Bonchev–Trinajstić information content (AvgIpc) is 3.25. The minimum atomic E-state index is -3.16. The molecule has 1 fully saturated rings. The first kappa shape index (κ1) is 19.5. The maximum atomic E-state index is 12.1. The van der Waals surface area contributed by atoms with Crippen LogP contribution in [-0.4, -0.2) is 59.6 Å². The standard InChI is InChI=1S/C20H23N5O3S.H2/c1-3-29(26,27)25-11-9-24(10-12-25)18-14-21-15(2)19(23-18)20-22-13-17(28-20)16-7-5-4-6-8-16;/h4-8,13-14H,3,9-12H2,1-2H3;1H. The van der Waals surface area contributed by atoms with Gasteiger partial charge in [-0.3, -0.25) is 4.98 Å². The number of sulfonamides is 1. The van der Waals surface area contributed by atoms with Crippen LogP contribution in [0.4, 0.5) is 5.82 Å². The number of anilines is 1. The Labute approximate surface area is 171 Å². The first-order chi connectivity index (χ1) is 14.0. The number of hydrogen-bond acceptors (Lipinski definition) is 7. The fourth-order valence-electron chi connectivity index (χ4n) is 3.29. The normalized spacial score (nSPS) is 15.6. The van der Waals surface area contributed by atoms with E-state index in [0.717, 1.165) is 11.3 Å². The van der Waals surface area contributed by atoms with Gasteiger partial charge in [0.15, 0.2) is 5.76 Å². The molecule has 0 aliphatic carbocycles. The molecule has 4 rings (SSSR count). The Bertz CT molecular complexity index is 1100. The highest BCUT2D eigenvalue weighted by molar-refractivity contribution is 7.89. The predicted molar refractivity (Wildman–Crippen MR) is 113 cm³/mol. The molecule has 0 radical (unpaired) electrons. The zero-order valence-corrected chi connectivity index (χ0v) is 17.3. The van der Waals surface area contributed by atoms with Gasteiger partial charge in [0.2, 0.25) is 15.9 Å². The molecule has 0 unspecified atom stereocenters. The van der Waals surface area contributed by atoms with Crippen molar-refractivity contribution in [2.24, 2.45) is 0 Å². The lowest BCUT2D eigenvalue weighted by molar-refractivity contribution is 0.384. The van der Waals surface area contributed by atoms with E-state index in [1.807, 2.05) is 42.2 Å². The van der Waals surface area contributed by atoms with E-state index < -0.39 is 10.0 Å². The van der Waals surface area contributed by atoms with Gasteiger partial charge in [-0.25, -0.2) is 18.4 Å². The van der Waals surface area contributed by atoms with Crippen LogP contribution in [0.3, 0.4) is 0 Å². The molecule has 2 aromatic heterocycles. The van der Waals surface area contributed by atoms with Gasteiger partial charge >= 0.3 is 0 Å². The zero-order valence-electron chi connectivity index (χ0n) is 16.4. The SMILES string of the molecule is CCS(=O)(=O)N1CCN(c2cnc(C)c(-c3ncc(-c4ccccc4)o3)n2)CC1.[HH]. The van der Waals surface area contributed by atoms with Gasteiger partial charge in [0, 0.05) is 33.2 Å². The van der Waals surface area contributed by atoms with E-state index in [2.05, 4.69) is 9.97 Å². The molecular formula is C20H25N5O3S. The highest BCUT2D eigenvalue weighted by Gasteiger charge is 2.26. The number of benzene rings is 1. The molecule has 1 aromatic carbocycles. The number of piperazine rings is 1. The Morgan fingerprint density at radius 3 is 2.48 bits per heavy atom. The van der Waals surface area contributed by atoms with Crippen LogP contribution in [-0.2, 0) is 10.0 Å². The largest absolute Gasteiger partial charge is 0.435 e. The lowest BCUT2D eigenvalue weighted by Crippen LogP contribution is -2.49. The van der Waals surface area contributed by atoms with Crippen LogP contribution in [0.2, 0.25) is 0 Å². The van der Waals surface area contributed by atoms with Gasteiger partial charge in [-0.2, -0.15) is 4.31 Å². The summed E-state index contributed by atoms with van der Waals surface area (Å²) < 4.78 is 31.6. The fraction of sp³-hybridized carbons (Fsp3) is 0.350. The van der Waals surface area contributed by atoms with E-state index in [1.54, 1.807) is 19.3 Å². The molecule has 0 spiro atoms. The second-order valence-corrected chi connectivity index (χ2v) is 9.10. The summed E-state index contributed by atoms with van der Waals surface area (Å²) >= 11 is 0. The first-order valence-corrected chi connectivity index (χ1v) is 11.2. The van der Waals surface area contributed by atoms with E-state index in [1.165, 1.54) is 4.31 Å². The van der Waals surface area contributed by atoms with Gasteiger partial charge in [0.05, 0.1) is 23.8 Å². The quantitative estimate of drug-likeness (QED) is 0.633. The van der Waals surface area contributed by atoms with Crippen molar-refractivity contribution in [2.75, 3.05) is 36.8 Å². The average molecular weight is 416 g/mol. The van der Waals surface area contributed by atoms with E-state index in [9.17, 15) is 8.42 Å². The first-order valence-electron chi connectivity index (χ1n) is 9.56. The van der Waals surface area contributed by atoms with Crippen molar-refractivity contribution < 1.29 is 14.3 Å². The summed E-state index contributed by atoms with van der Waals surface area (Å²) in [4.78, 5) is 15.6. The molecule has 0 bridgehead atoms. The third kappa shape index (κ3) is 4.01. The van der Waals surface area contributed by atoms with Crippen LogP contribution < -0.4 is 4.90 Å². The Kier molecular flexibility index (Phi) is 5.33. The lowest BCUT2D eigenvalue weighted by Gasteiger charge is -2.34. The predicted octanol–water partition coefficient (Wildman–Crippen LogP) is 2.82. The van der Waals surface area contributed by atoms with Crippen molar-refractivity contribution >= 4 is 15.8 Å². The maximum Gasteiger partial charge on any atom is 0.247 e. The molecule has 1 aliphatic rings. The summed E-state index contributed by atoms with van der Waals surface area (Å²) in [7, 11) is -3.16. The highest BCUT2D eigenvalue weighted by atomic mass is 32.2. The third-order valence-electron chi connectivity index (χ3n) is 5.03. The van der Waals surface area contributed by atoms with Crippen LogP contribution in [0, 0.1) is 6.92 Å². The lowest BCUT2D eigenvalue weighted by atomic mass is 10.2. The Hall–Kier alpha value is -2.78. The van der Waals surface area contributed by atoms with Gasteiger partial charge in [-0.15, -0.1) is 0 Å². The van der Waals surface area contributed by atoms with Crippen LogP contribution in [0.5, 0.6) is 0 Å². The summed E-state index contributed by atoms with van der Waals surface area (Å²) in [6, 6.07) is 9.76. The number of nitrogens with zero attached hydrogens (tertiary/aromatic N) is 5. The van der Waals surface area contributed by atoms with E-state index in [4.69, 9.17) is 9.40 Å². The number of aromatic nitrogens is 3. The summed E-state index contributed by atoms with van der Waals surface area (Å²) in [5.74, 6) is 1.90. The van der Waals surface area contributed by atoms with E-state index >= 15 is 0 Å². The van der Waals surface area contributed by atoms with Crippen molar-refractivity contribution in [3.8, 4) is 22.9 Å². The van der Waals surface area contributed by atoms with Crippen LogP contribution in [0.15, 0.2) is 47.1 Å². The van der Waals surface area contributed by atoms with Crippen molar-refractivity contribution in [1.82, 2.24) is 19.3 Å². The van der Waals surface area contributed by atoms with Gasteiger partial charge in [-0.05, 0) is 13.8 Å². The zero-order chi connectivity index (χ0) is 20.4. The Morgan fingerprint density at radius 2 is 1.79 bits per heavy atom. The molecule has 154 valence electrons. The molecule has 0 N–H and O–H groups in total. The van der Waals surface area contributed by atoms with Crippen molar-refractivity contribution in [3.63, 3.8) is 0 Å². The van der Waals surface area contributed by atoms with Crippen molar-refractivity contribution in [2.45, 2.75) is 13.8 Å². The monoisotopic (exact) mass is 415 g/mol. The molecule has 0 atom stereocenters. The van der Waals surface area contributed by atoms with Crippen LogP contribution in [0.1, 0.15) is 14.0 Å². The molecule has 0 amide bonds. The molecule has 3 aromatic rings. The molecule has 3 heterocycles. The molecule has 1 saturated heterocycles. The van der Waals surface area contributed by atoms with Crippen LogP contribution in [0.25, 0.3) is 22.9 Å².